The van der Waals surface area contributed by atoms with Gasteiger partial charge in [0, 0.05) is 11.8 Å². The minimum absolute atomic E-state index is 0.0736. The van der Waals surface area contributed by atoms with E-state index in [-0.39, 0.29) is 28.2 Å². The molecule has 214 valence electrons. The third-order valence-corrected chi connectivity index (χ3v) is 18.9. The molecule has 2 rings (SSSR count). The van der Waals surface area contributed by atoms with E-state index < -0.39 is 52.2 Å². The van der Waals surface area contributed by atoms with Crippen molar-refractivity contribution in [2.24, 2.45) is 11.8 Å². The molecule has 1 aliphatic heterocycles. The van der Waals surface area contributed by atoms with Crippen LogP contribution in [0.1, 0.15) is 67.2 Å². The fraction of sp³-hybridized carbons (Fsp3) is 0.846. The van der Waals surface area contributed by atoms with E-state index in [0.29, 0.717) is 5.92 Å². The van der Waals surface area contributed by atoms with Crippen LogP contribution in [-0.2, 0) is 13.6 Å². The lowest BCUT2D eigenvalue weighted by Gasteiger charge is -2.46. The number of rotatable bonds is 10. The molecule has 1 fully saturated rings. The molecule has 37 heavy (non-hydrogen) atoms. The van der Waals surface area contributed by atoms with Crippen molar-refractivity contribution < 1.29 is 22.4 Å². The summed E-state index contributed by atoms with van der Waals surface area (Å²) in [5, 5.41) is -0.434. The van der Waals surface area contributed by atoms with Gasteiger partial charge in [-0.1, -0.05) is 55.4 Å². The fourth-order valence-electron chi connectivity index (χ4n) is 4.34. The van der Waals surface area contributed by atoms with E-state index in [9.17, 15) is 9.59 Å². The minimum atomic E-state index is -3.54. The highest BCUT2D eigenvalue weighted by Crippen LogP contribution is 2.51. The summed E-state index contributed by atoms with van der Waals surface area (Å²) in [5.74, 6) is -3.00. The van der Waals surface area contributed by atoms with Gasteiger partial charge >= 0.3 is 11.6 Å². The number of nitrogens with zero attached hydrogens (tertiary/aromatic N) is 1. The zero-order valence-electron chi connectivity index (χ0n) is 24.9. The van der Waals surface area contributed by atoms with Gasteiger partial charge in [-0.3, -0.25) is 14.3 Å². The quantitative estimate of drug-likeness (QED) is 0.351. The van der Waals surface area contributed by atoms with E-state index in [1.165, 1.54) is 6.92 Å². The van der Waals surface area contributed by atoms with Crippen LogP contribution in [-0.4, -0.2) is 50.9 Å². The molecule has 0 amide bonds. The maximum atomic E-state index is 16.2. The van der Waals surface area contributed by atoms with Crippen LogP contribution < -0.4 is 11.2 Å². The van der Waals surface area contributed by atoms with Gasteiger partial charge in [0.25, 0.3) is 5.56 Å². The van der Waals surface area contributed by atoms with Crippen LogP contribution in [0.4, 0.5) is 8.78 Å². The molecule has 1 aromatic heterocycles. The summed E-state index contributed by atoms with van der Waals surface area (Å²) >= 11 is 0. The second kappa shape index (κ2) is 10.4. The van der Waals surface area contributed by atoms with Gasteiger partial charge in [0.1, 0.15) is 12.2 Å². The van der Waals surface area contributed by atoms with Crippen molar-refractivity contribution in [2.75, 3.05) is 6.61 Å². The first-order valence-corrected chi connectivity index (χ1v) is 19.0. The summed E-state index contributed by atoms with van der Waals surface area (Å²) in [5.41, 5.74) is -1.43. The Morgan fingerprint density at radius 3 is 2.00 bits per heavy atom. The van der Waals surface area contributed by atoms with Gasteiger partial charge in [0.15, 0.2) is 16.6 Å². The van der Waals surface area contributed by atoms with Gasteiger partial charge in [-0.15, -0.1) is 0 Å². The number of aryl methyl sites for hydroxylation is 1. The molecular weight excluding hydrogens is 514 g/mol. The summed E-state index contributed by atoms with van der Waals surface area (Å²) in [6.45, 7) is 26.3. The van der Waals surface area contributed by atoms with Crippen molar-refractivity contribution in [2.45, 2.75) is 123 Å². The summed E-state index contributed by atoms with van der Waals surface area (Å²) in [7, 11) is -5.10. The predicted molar refractivity (Wildman–Crippen MR) is 148 cm³/mol. The maximum Gasteiger partial charge on any atom is 0.330 e. The Kier molecular flexibility index (Phi) is 9.05. The summed E-state index contributed by atoms with van der Waals surface area (Å²) in [6, 6.07) is 0. The van der Waals surface area contributed by atoms with Crippen molar-refractivity contribution >= 4 is 16.6 Å². The molecular formula is C26H48F2N2O5Si2. The number of nitrogens with one attached hydrogen (secondary N) is 1. The lowest BCUT2D eigenvalue weighted by atomic mass is 9.99. The second-order valence-corrected chi connectivity index (χ2v) is 22.4. The van der Waals surface area contributed by atoms with Crippen LogP contribution in [0.15, 0.2) is 15.8 Å². The number of alkyl halides is 2. The van der Waals surface area contributed by atoms with Gasteiger partial charge in [-0.05, 0) is 55.0 Å². The Balaban J connectivity index is 2.54. The third-order valence-electron chi connectivity index (χ3n) is 9.77. The highest BCUT2D eigenvalue weighted by Gasteiger charge is 2.63. The molecule has 1 N–H and O–H groups in total. The molecule has 0 spiro atoms. The molecule has 1 aromatic rings. The van der Waals surface area contributed by atoms with Gasteiger partial charge < -0.3 is 13.6 Å². The fourth-order valence-corrected chi connectivity index (χ4v) is 9.33. The van der Waals surface area contributed by atoms with E-state index in [1.54, 1.807) is 0 Å². The Bertz CT molecular complexity index is 1080. The molecule has 0 saturated carbocycles. The summed E-state index contributed by atoms with van der Waals surface area (Å²) < 4.78 is 51.9. The smallest absolute Gasteiger partial charge is 0.330 e. The Hall–Kier alpha value is -1.15. The first-order chi connectivity index (χ1) is 16.5. The van der Waals surface area contributed by atoms with Gasteiger partial charge in [-0.25, -0.2) is 4.79 Å². The second-order valence-electron chi connectivity index (χ2n) is 13.3. The summed E-state index contributed by atoms with van der Waals surface area (Å²) in [6.07, 6.45) is -3.50. The molecule has 0 bridgehead atoms. The van der Waals surface area contributed by atoms with E-state index >= 15 is 8.78 Å². The average Bonchev–Trinajstić information content (AvgIpc) is 2.98. The number of halogens is 2. The lowest BCUT2D eigenvalue weighted by molar-refractivity contribution is -0.138. The number of H-pyrrole nitrogens is 1. The largest absolute Gasteiger partial charge is 0.414 e. The molecule has 2 heterocycles. The molecule has 1 aliphatic rings. The van der Waals surface area contributed by atoms with Crippen molar-refractivity contribution in [1.29, 1.82) is 0 Å². The van der Waals surface area contributed by atoms with Gasteiger partial charge in [0.2, 0.25) is 6.23 Å². The summed E-state index contributed by atoms with van der Waals surface area (Å²) in [4.78, 5) is 26.6. The normalized spacial score (nSPS) is 23.3. The monoisotopic (exact) mass is 562 g/mol. The average molecular weight is 563 g/mol. The Morgan fingerprint density at radius 2 is 1.51 bits per heavy atom. The van der Waals surface area contributed by atoms with Crippen LogP contribution >= 0.6 is 0 Å². The van der Waals surface area contributed by atoms with Gasteiger partial charge in [-0.2, -0.15) is 8.78 Å². The number of hydrogen-bond acceptors (Lipinski definition) is 5. The predicted octanol–water partition coefficient (Wildman–Crippen LogP) is 6.06. The van der Waals surface area contributed by atoms with Crippen molar-refractivity contribution in [3.63, 3.8) is 0 Å². The number of ether oxygens (including phenoxy) is 1. The molecule has 1 saturated heterocycles. The number of aromatic nitrogens is 2. The van der Waals surface area contributed by atoms with E-state index in [1.807, 2.05) is 13.1 Å². The standard InChI is InChI=1S/C26H48F2N2O5Si2/c1-16(2)24(6,7)36(10,11)33-15-19-20(35-37(12,13)25(8,9)17(3)4)26(27,28)22(34-19)30-14-18(5)21(31)29-23(30)32/h14,16-17,19-20,22H,15H2,1-13H3,(H,29,31,32)/t19-,20-,22-/m1/s1. The minimum Gasteiger partial charge on any atom is -0.414 e. The van der Waals surface area contributed by atoms with Crippen LogP contribution in [0.3, 0.4) is 0 Å². The van der Waals surface area contributed by atoms with Crippen molar-refractivity contribution in [3.05, 3.63) is 32.6 Å². The lowest BCUT2D eigenvalue weighted by Crippen LogP contribution is -2.55. The highest BCUT2D eigenvalue weighted by molar-refractivity contribution is 6.74. The molecule has 3 atom stereocenters. The molecule has 0 radical (unpaired) electrons. The zero-order chi connectivity index (χ0) is 28.9. The highest BCUT2D eigenvalue weighted by atomic mass is 28.4. The van der Waals surface area contributed by atoms with E-state index in [0.717, 1.165) is 10.8 Å². The van der Waals surface area contributed by atoms with Crippen molar-refractivity contribution in [1.82, 2.24) is 9.55 Å². The van der Waals surface area contributed by atoms with Crippen LogP contribution in [0.5, 0.6) is 0 Å². The molecule has 0 aromatic carbocycles. The molecule has 7 nitrogen and oxygen atoms in total. The molecule has 0 aliphatic carbocycles. The number of hydrogen-bond donors (Lipinski definition) is 1. The Labute approximate surface area is 222 Å². The van der Waals surface area contributed by atoms with Crippen LogP contribution in [0.2, 0.25) is 36.3 Å². The van der Waals surface area contributed by atoms with Gasteiger partial charge in [0.05, 0.1) is 6.61 Å². The third kappa shape index (κ3) is 5.90. The Morgan fingerprint density at radius 1 is 1.03 bits per heavy atom. The first-order valence-electron chi connectivity index (χ1n) is 13.2. The number of aromatic amines is 1. The SMILES string of the molecule is Cc1cn([C@@H]2O[C@H](CO[Si](C)(C)C(C)(C)C(C)C)[C@@H](O[Si](C)(C)C(C)(C)C(C)C)C2(F)F)c(=O)[nH]c1=O. The zero-order valence-corrected chi connectivity index (χ0v) is 26.9. The molecule has 11 heteroatoms. The van der Waals surface area contributed by atoms with Crippen LogP contribution in [0.25, 0.3) is 0 Å². The maximum absolute atomic E-state index is 16.2. The van der Waals surface area contributed by atoms with E-state index in [4.69, 9.17) is 13.6 Å². The topological polar surface area (TPSA) is 82.6 Å². The molecule has 0 unspecified atom stereocenters. The van der Waals surface area contributed by atoms with Crippen LogP contribution in [0, 0.1) is 18.8 Å². The van der Waals surface area contributed by atoms with Crippen molar-refractivity contribution in [3.8, 4) is 0 Å². The first kappa shape index (κ1) is 32.1. The van der Waals surface area contributed by atoms with E-state index in [2.05, 4.69) is 73.5 Å².